The molecule has 0 N–H and O–H groups in total. The second kappa shape index (κ2) is 2.86. The number of rotatable bonds is 1. The van der Waals surface area contributed by atoms with Crippen LogP contribution in [-0.4, -0.2) is 49.3 Å². The van der Waals surface area contributed by atoms with Crippen molar-refractivity contribution in [2.24, 2.45) is 0 Å². The van der Waals surface area contributed by atoms with Crippen LogP contribution in [0.4, 0.5) is 0 Å². The first-order chi connectivity index (χ1) is 4.97. The maximum absolute atomic E-state index is 4.30. The summed E-state index contributed by atoms with van der Waals surface area (Å²) in [4.78, 5) is 0. The molecule has 0 saturated carbocycles. The van der Waals surface area contributed by atoms with Gasteiger partial charge in [0.15, 0.2) is 0 Å². The largest absolute Gasteiger partial charge is 0.242 e. The Morgan fingerprint density at radius 2 is 1.40 bits per heavy atom. The van der Waals surface area contributed by atoms with E-state index < -0.39 is 0 Å². The standard InChI is InChI=1S/C7H14N3/c1-4-9(5-1)10-6-2-8-3-7-10/h1-7H2. The van der Waals surface area contributed by atoms with Gasteiger partial charge in [-0.15, -0.1) is 0 Å². The number of piperazine rings is 1. The first-order valence-electron chi connectivity index (χ1n) is 4.10. The van der Waals surface area contributed by atoms with Crippen molar-refractivity contribution in [3.63, 3.8) is 0 Å². The fourth-order valence-corrected chi connectivity index (χ4v) is 1.46. The van der Waals surface area contributed by atoms with Crippen molar-refractivity contribution >= 4 is 0 Å². The number of nitrogens with zero attached hydrogens (tertiary/aromatic N) is 3. The van der Waals surface area contributed by atoms with E-state index in [1.807, 2.05) is 0 Å². The lowest BCUT2D eigenvalue weighted by Gasteiger charge is -2.42. The third-order valence-corrected chi connectivity index (χ3v) is 2.26. The molecule has 2 rings (SSSR count). The van der Waals surface area contributed by atoms with E-state index in [0.29, 0.717) is 0 Å². The lowest BCUT2D eigenvalue weighted by Crippen LogP contribution is -2.55. The van der Waals surface area contributed by atoms with Gasteiger partial charge in [-0.05, 0) is 6.42 Å². The molecule has 2 aliphatic heterocycles. The Labute approximate surface area is 62.0 Å². The second-order valence-corrected chi connectivity index (χ2v) is 2.93. The van der Waals surface area contributed by atoms with E-state index in [1.54, 1.807) is 0 Å². The molecule has 1 radical (unpaired) electrons. The zero-order valence-electron chi connectivity index (χ0n) is 6.29. The lowest BCUT2D eigenvalue weighted by molar-refractivity contribution is -0.0789. The number of hydrazine groups is 1. The van der Waals surface area contributed by atoms with Crippen LogP contribution in [0.15, 0.2) is 0 Å². The van der Waals surface area contributed by atoms with Crippen LogP contribution in [-0.2, 0) is 0 Å². The van der Waals surface area contributed by atoms with Gasteiger partial charge in [0, 0.05) is 39.3 Å². The molecule has 0 aliphatic carbocycles. The van der Waals surface area contributed by atoms with Crippen LogP contribution in [0.25, 0.3) is 0 Å². The summed E-state index contributed by atoms with van der Waals surface area (Å²) in [6.07, 6.45) is 1.38. The molecule has 0 spiro atoms. The summed E-state index contributed by atoms with van der Waals surface area (Å²) in [6.45, 7) is 6.94. The molecule has 0 aromatic rings. The van der Waals surface area contributed by atoms with E-state index in [1.165, 1.54) is 19.5 Å². The average Bonchev–Trinajstić information content (AvgIpc) is 1.86. The van der Waals surface area contributed by atoms with Crippen LogP contribution >= 0.6 is 0 Å². The molecule has 0 bridgehead atoms. The minimum atomic E-state index is 1.04. The van der Waals surface area contributed by atoms with Crippen molar-refractivity contribution in [3.05, 3.63) is 0 Å². The van der Waals surface area contributed by atoms with E-state index >= 15 is 0 Å². The predicted octanol–water partition coefficient (Wildman–Crippen LogP) is -0.473. The Hall–Kier alpha value is -0.120. The molecule has 0 aromatic carbocycles. The quantitative estimate of drug-likeness (QED) is 0.491. The van der Waals surface area contributed by atoms with Crippen LogP contribution in [0.1, 0.15) is 6.42 Å². The first kappa shape index (κ1) is 6.58. The molecule has 0 amide bonds. The third kappa shape index (κ3) is 1.17. The summed E-state index contributed by atoms with van der Waals surface area (Å²) in [5, 5.41) is 9.18. The summed E-state index contributed by atoms with van der Waals surface area (Å²) < 4.78 is 0. The van der Waals surface area contributed by atoms with Gasteiger partial charge < -0.3 is 0 Å². The number of hydrogen-bond donors (Lipinski definition) is 0. The second-order valence-electron chi connectivity index (χ2n) is 2.93. The zero-order chi connectivity index (χ0) is 6.81. The summed E-state index contributed by atoms with van der Waals surface area (Å²) in [6, 6.07) is 0. The Bertz CT molecular complexity index is 105. The van der Waals surface area contributed by atoms with Gasteiger partial charge in [0.25, 0.3) is 0 Å². The highest BCUT2D eigenvalue weighted by molar-refractivity contribution is 4.71. The summed E-state index contributed by atoms with van der Waals surface area (Å²) in [7, 11) is 0. The predicted molar refractivity (Wildman–Crippen MR) is 39.6 cm³/mol. The fourth-order valence-electron chi connectivity index (χ4n) is 1.46. The maximum Gasteiger partial charge on any atom is 0.0275 e. The van der Waals surface area contributed by atoms with Crippen LogP contribution in [0.5, 0.6) is 0 Å². The molecule has 2 saturated heterocycles. The Balaban J connectivity index is 1.78. The lowest BCUT2D eigenvalue weighted by atomic mass is 10.2. The van der Waals surface area contributed by atoms with Crippen molar-refractivity contribution in [1.29, 1.82) is 0 Å². The average molecular weight is 140 g/mol. The Morgan fingerprint density at radius 1 is 0.800 bits per heavy atom. The monoisotopic (exact) mass is 140 g/mol. The summed E-state index contributed by atoms with van der Waals surface area (Å²) >= 11 is 0. The van der Waals surface area contributed by atoms with Crippen LogP contribution in [0.3, 0.4) is 0 Å². The SMILES string of the molecule is C1CN(N2CC[N]CC2)C1. The van der Waals surface area contributed by atoms with Gasteiger partial charge in [-0.2, -0.15) is 0 Å². The van der Waals surface area contributed by atoms with Crippen LogP contribution < -0.4 is 5.32 Å². The maximum atomic E-state index is 4.30. The molecule has 0 unspecified atom stereocenters. The first-order valence-corrected chi connectivity index (χ1v) is 4.10. The topological polar surface area (TPSA) is 20.6 Å². The molecular weight excluding hydrogens is 126 g/mol. The van der Waals surface area contributed by atoms with Crippen molar-refractivity contribution in [2.75, 3.05) is 39.3 Å². The van der Waals surface area contributed by atoms with Gasteiger partial charge in [0.1, 0.15) is 0 Å². The van der Waals surface area contributed by atoms with Gasteiger partial charge in [-0.25, -0.2) is 15.3 Å². The van der Waals surface area contributed by atoms with Gasteiger partial charge in [0.2, 0.25) is 0 Å². The van der Waals surface area contributed by atoms with Crippen molar-refractivity contribution in [2.45, 2.75) is 6.42 Å². The van der Waals surface area contributed by atoms with E-state index in [4.69, 9.17) is 0 Å². The van der Waals surface area contributed by atoms with E-state index in [0.717, 1.165) is 26.2 Å². The Kier molecular flexibility index (Phi) is 1.88. The van der Waals surface area contributed by atoms with Crippen molar-refractivity contribution < 1.29 is 0 Å². The van der Waals surface area contributed by atoms with Crippen molar-refractivity contribution in [1.82, 2.24) is 15.3 Å². The zero-order valence-corrected chi connectivity index (χ0v) is 6.29. The molecule has 10 heavy (non-hydrogen) atoms. The van der Waals surface area contributed by atoms with Gasteiger partial charge in [-0.1, -0.05) is 0 Å². The molecule has 57 valence electrons. The minimum Gasteiger partial charge on any atom is -0.242 e. The van der Waals surface area contributed by atoms with Crippen molar-refractivity contribution in [3.8, 4) is 0 Å². The van der Waals surface area contributed by atoms with E-state index in [9.17, 15) is 0 Å². The fraction of sp³-hybridized carbons (Fsp3) is 1.00. The summed E-state index contributed by atoms with van der Waals surface area (Å²) in [5.41, 5.74) is 0. The highest BCUT2D eigenvalue weighted by Gasteiger charge is 2.22. The molecule has 2 fully saturated rings. The molecular formula is C7H14N3. The normalized spacial score (nSPS) is 30.0. The number of hydrogen-bond acceptors (Lipinski definition) is 2. The molecule has 2 aliphatic rings. The van der Waals surface area contributed by atoms with E-state index in [2.05, 4.69) is 15.3 Å². The minimum absolute atomic E-state index is 1.04. The summed E-state index contributed by atoms with van der Waals surface area (Å²) in [5.74, 6) is 0. The molecule has 2 heterocycles. The molecule has 0 atom stereocenters. The van der Waals surface area contributed by atoms with E-state index in [-0.39, 0.29) is 0 Å². The van der Waals surface area contributed by atoms with Crippen LogP contribution in [0, 0.1) is 0 Å². The highest BCUT2D eigenvalue weighted by Crippen LogP contribution is 2.10. The van der Waals surface area contributed by atoms with Crippen LogP contribution in [0.2, 0.25) is 0 Å². The molecule has 3 nitrogen and oxygen atoms in total. The molecule has 3 heteroatoms. The van der Waals surface area contributed by atoms with Gasteiger partial charge >= 0.3 is 0 Å². The third-order valence-electron chi connectivity index (χ3n) is 2.26. The Morgan fingerprint density at radius 3 is 1.90 bits per heavy atom. The molecule has 0 aromatic heterocycles. The highest BCUT2D eigenvalue weighted by atomic mass is 15.6. The smallest absolute Gasteiger partial charge is 0.0275 e. The van der Waals surface area contributed by atoms with Gasteiger partial charge in [-0.3, -0.25) is 0 Å². The van der Waals surface area contributed by atoms with Gasteiger partial charge in [0.05, 0.1) is 0 Å².